The van der Waals surface area contributed by atoms with Gasteiger partial charge in [-0.15, -0.1) is 0 Å². The minimum atomic E-state index is 0.118. The van der Waals surface area contributed by atoms with E-state index in [-0.39, 0.29) is 6.61 Å². The van der Waals surface area contributed by atoms with E-state index in [1.54, 1.807) is 0 Å². The molecule has 3 heteroatoms. The highest BCUT2D eigenvalue weighted by Crippen LogP contribution is 2.23. The topological polar surface area (TPSA) is 32.7 Å². The molecule has 0 aliphatic carbocycles. The maximum atomic E-state index is 8.29. The molecule has 0 atom stereocenters. The molecule has 0 saturated heterocycles. The van der Waals surface area contributed by atoms with Gasteiger partial charge >= 0.3 is 0 Å². The Morgan fingerprint density at radius 1 is 0.913 bits per heavy atom. The highest BCUT2D eigenvalue weighted by molar-refractivity contribution is 4.99. The smallest absolute Gasteiger partial charge is 0.0698 e. The minimum Gasteiger partial charge on any atom is -0.394 e. The van der Waals surface area contributed by atoms with Gasteiger partial charge in [-0.3, -0.25) is 0 Å². The largest absolute Gasteiger partial charge is 0.394 e. The fourth-order valence-corrected chi connectivity index (χ4v) is 2.02. The Morgan fingerprint density at radius 3 is 1.57 bits per heavy atom. The van der Waals surface area contributed by atoms with Crippen molar-refractivity contribution in [3.8, 4) is 0 Å². The van der Waals surface area contributed by atoms with Gasteiger partial charge in [-0.1, -0.05) is 71.0 Å². The van der Waals surface area contributed by atoms with Gasteiger partial charge in [0.2, 0.25) is 0 Å². The predicted molar refractivity (Wildman–Crippen MR) is 102 cm³/mol. The lowest BCUT2D eigenvalue weighted by molar-refractivity contribution is 0.0821. The summed E-state index contributed by atoms with van der Waals surface area (Å²) >= 11 is 0. The van der Waals surface area contributed by atoms with Crippen molar-refractivity contribution >= 4 is 0 Å². The van der Waals surface area contributed by atoms with Gasteiger partial charge in [-0.25, -0.2) is 0 Å². The molecule has 3 nitrogen and oxygen atoms in total. The van der Waals surface area contributed by atoms with Gasteiger partial charge in [0.1, 0.15) is 0 Å². The number of nitrogens with zero attached hydrogens (tertiary/aromatic N) is 1. The molecule has 0 aliphatic rings. The van der Waals surface area contributed by atoms with Crippen molar-refractivity contribution in [1.29, 1.82) is 0 Å². The van der Waals surface area contributed by atoms with Crippen molar-refractivity contribution in [2.75, 3.05) is 40.5 Å². The molecule has 0 unspecified atom stereocenters. The molecule has 1 aromatic carbocycles. The standard InChI is InChI=1S/C8H18.C6H15NO2.C6H6/c1-7(2)6-8(3,4)5;1-7(2)3-5-9-6-4-8;1-2-4-6-5-3-1/h7H,6H2,1-5H3;8H,3-6H2,1-2H3;1-6H. The van der Waals surface area contributed by atoms with Gasteiger partial charge in [0.25, 0.3) is 0 Å². The predicted octanol–water partition coefficient (Wildman–Crippen LogP) is 4.32. The number of benzene rings is 1. The van der Waals surface area contributed by atoms with E-state index in [1.165, 1.54) is 6.42 Å². The minimum absolute atomic E-state index is 0.118. The van der Waals surface area contributed by atoms with Crippen LogP contribution in [0.4, 0.5) is 0 Å². The third-order valence-corrected chi connectivity index (χ3v) is 2.61. The second-order valence-corrected chi connectivity index (χ2v) is 7.45. The van der Waals surface area contributed by atoms with E-state index in [0.717, 1.165) is 12.5 Å². The van der Waals surface area contributed by atoms with Crippen molar-refractivity contribution in [1.82, 2.24) is 4.90 Å². The molecule has 23 heavy (non-hydrogen) atoms. The van der Waals surface area contributed by atoms with E-state index < -0.39 is 0 Å². The number of hydrogen-bond acceptors (Lipinski definition) is 3. The zero-order valence-electron chi connectivity index (χ0n) is 16.4. The molecule has 1 aromatic rings. The lowest BCUT2D eigenvalue weighted by atomic mass is 9.86. The van der Waals surface area contributed by atoms with Gasteiger partial charge in [0.05, 0.1) is 19.8 Å². The summed E-state index contributed by atoms with van der Waals surface area (Å²) in [5, 5.41) is 8.29. The zero-order chi connectivity index (χ0) is 18.1. The second kappa shape index (κ2) is 16.0. The van der Waals surface area contributed by atoms with Crippen LogP contribution in [0, 0.1) is 11.3 Å². The van der Waals surface area contributed by atoms with E-state index in [2.05, 4.69) is 34.6 Å². The Hall–Kier alpha value is -0.900. The summed E-state index contributed by atoms with van der Waals surface area (Å²) in [7, 11) is 3.98. The molecular weight excluding hydrogens is 286 g/mol. The van der Waals surface area contributed by atoms with Crippen LogP contribution in [0.25, 0.3) is 0 Å². The Labute approximate surface area is 144 Å². The van der Waals surface area contributed by atoms with Crippen LogP contribution in [0.3, 0.4) is 0 Å². The summed E-state index contributed by atoms with van der Waals surface area (Å²) in [5.74, 6) is 0.843. The highest BCUT2D eigenvalue weighted by atomic mass is 16.5. The number of aliphatic hydroxyl groups is 1. The Kier molecular flexibility index (Phi) is 16.9. The lowest BCUT2D eigenvalue weighted by Gasteiger charge is -2.19. The molecule has 0 amide bonds. The molecule has 0 aliphatic heterocycles. The third kappa shape index (κ3) is 29.7. The van der Waals surface area contributed by atoms with Crippen molar-refractivity contribution < 1.29 is 9.84 Å². The average Bonchev–Trinajstić information content (AvgIpc) is 2.44. The highest BCUT2D eigenvalue weighted by Gasteiger charge is 2.11. The van der Waals surface area contributed by atoms with Gasteiger partial charge in [-0.2, -0.15) is 0 Å². The molecule has 0 heterocycles. The van der Waals surface area contributed by atoms with E-state index in [4.69, 9.17) is 9.84 Å². The summed E-state index contributed by atoms with van der Waals surface area (Å²) in [4.78, 5) is 2.04. The first-order valence-electron chi connectivity index (χ1n) is 8.52. The number of hydrogen-bond donors (Lipinski definition) is 1. The average molecular weight is 326 g/mol. The fourth-order valence-electron chi connectivity index (χ4n) is 2.02. The molecule has 0 bridgehead atoms. The maximum Gasteiger partial charge on any atom is 0.0698 e. The van der Waals surface area contributed by atoms with Gasteiger partial charge in [0, 0.05) is 6.54 Å². The second-order valence-electron chi connectivity index (χ2n) is 7.45. The molecule has 136 valence electrons. The number of ether oxygens (including phenoxy) is 1. The van der Waals surface area contributed by atoms with Crippen LogP contribution in [-0.4, -0.2) is 50.5 Å². The number of likely N-dealkylation sites (N-methyl/N-ethyl adjacent to an activating group) is 1. The van der Waals surface area contributed by atoms with Crippen LogP contribution >= 0.6 is 0 Å². The summed E-state index contributed by atoms with van der Waals surface area (Å²) in [6.45, 7) is 13.6. The van der Waals surface area contributed by atoms with Crippen molar-refractivity contribution in [2.24, 2.45) is 11.3 Å². The van der Waals surface area contributed by atoms with E-state index in [1.807, 2.05) is 55.4 Å². The molecular formula is C20H39NO2. The van der Waals surface area contributed by atoms with Crippen LogP contribution in [0.15, 0.2) is 36.4 Å². The first-order valence-corrected chi connectivity index (χ1v) is 8.52. The normalized spacial score (nSPS) is 10.7. The summed E-state index contributed by atoms with van der Waals surface area (Å²) in [5.41, 5.74) is 0.522. The van der Waals surface area contributed by atoms with Crippen LogP contribution < -0.4 is 0 Å². The summed E-state index contributed by atoms with van der Waals surface area (Å²) < 4.78 is 5.00. The van der Waals surface area contributed by atoms with Gasteiger partial charge in [0.15, 0.2) is 0 Å². The van der Waals surface area contributed by atoms with Crippen LogP contribution in [0.1, 0.15) is 41.0 Å². The van der Waals surface area contributed by atoms with Crippen LogP contribution in [-0.2, 0) is 4.74 Å². The van der Waals surface area contributed by atoms with E-state index in [9.17, 15) is 0 Å². The molecule has 1 rings (SSSR count). The monoisotopic (exact) mass is 325 g/mol. The number of rotatable bonds is 6. The van der Waals surface area contributed by atoms with Crippen LogP contribution in [0.5, 0.6) is 0 Å². The van der Waals surface area contributed by atoms with Crippen molar-refractivity contribution in [2.45, 2.75) is 41.0 Å². The SMILES string of the molecule is CC(C)CC(C)(C)C.CN(C)CCOCCO.c1ccccc1. The molecule has 0 aromatic heterocycles. The quantitative estimate of drug-likeness (QED) is 0.791. The van der Waals surface area contributed by atoms with Gasteiger partial charge in [-0.05, 0) is 31.8 Å². The zero-order valence-corrected chi connectivity index (χ0v) is 16.4. The van der Waals surface area contributed by atoms with Crippen LogP contribution in [0.2, 0.25) is 0 Å². The Morgan fingerprint density at radius 2 is 1.35 bits per heavy atom. The molecule has 0 spiro atoms. The van der Waals surface area contributed by atoms with Gasteiger partial charge < -0.3 is 14.7 Å². The number of aliphatic hydroxyl groups excluding tert-OH is 1. The van der Waals surface area contributed by atoms with Crippen molar-refractivity contribution in [3.63, 3.8) is 0 Å². The summed E-state index contributed by atoms with van der Waals surface area (Å²) in [6.07, 6.45) is 1.33. The molecule has 1 N–H and O–H groups in total. The third-order valence-electron chi connectivity index (χ3n) is 2.61. The Bertz CT molecular complexity index is 291. The van der Waals surface area contributed by atoms with Crippen molar-refractivity contribution in [3.05, 3.63) is 36.4 Å². The Balaban J connectivity index is 0. The fraction of sp³-hybridized carbons (Fsp3) is 0.700. The lowest BCUT2D eigenvalue weighted by Crippen LogP contribution is -2.18. The van der Waals surface area contributed by atoms with E-state index >= 15 is 0 Å². The maximum absolute atomic E-state index is 8.29. The molecule has 0 fully saturated rings. The first-order chi connectivity index (χ1) is 10.7. The molecule has 0 saturated carbocycles. The summed E-state index contributed by atoms with van der Waals surface area (Å²) in [6, 6.07) is 12.0. The first kappa shape index (κ1) is 24.4. The van der Waals surface area contributed by atoms with E-state index in [0.29, 0.717) is 18.6 Å². The molecule has 0 radical (unpaired) electrons.